The molecule has 0 aliphatic carbocycles. The summed E-state index contributed by atoms with van der Waals surface area (Å²) in [6, 6.07) is 11.9. The molecule has 1 nitrogen and oxygen atoms in total. The van der Waals surface area contributed by atoms with Gasteiger partial charge in [-0.15, -0.1) is 0 Å². The average Bonchev–Trinajstić information content (AvgIpc) is 2.28. The third-order valence-electron chi connectivity index (χ3n) is 3.48. The molecule has 0 heterocycles. The van der Waals surface area contributed by atoms with Gasteiger partial charge in [0.1, 0.15) is 5.75 Å². The van der Waals surface area contributed by atoms with Gasteiger partial charge in [-0.05, 0) is 40.3 Å². The SMILES string of the molecule is CCC(C)(C)c1cccc2ccc(O)cc12. The molecule has 1 N–H and O–H groups in total. The van der Waals surface area contributed by atoms with E-state index >= 15 is 0 Å². The van der Waals surface area contributed by atoms with Crippen molar-refractivity contribution in [1.29, 1.82) is 0 Å². The monoisotopic (exact) mass is 214 g/mol. The van der Waals surface area contributed by atoms with Crippen molar-refractivity contribution < 1.29 is 5.11 Å². The van der Waals surface area contributed by atoms with E-state index in [1.54, 1.807) is 6.07 Å². The smallest absolute Gasteiger partial charge is 0.116 e. The van der Waals surface area contributed by atoms with E-state index < -0.39 is 0 Å². The lowest BCUT2D eigenvalue weighted by Gasteiger charge is -2.25. The minimum atomic E-state index is 0.146. The van der Waals surface area contributed by atoms with Crippen LogP contribution in [0.1, 0.15) is 32.8 Å². The van der Waals surface area contributed by atoms with Crippen LogP contribution in [0.3, 0.4) is 0 Å². The summed E-state index contributed by atoms with van der Waals surface area (Å²) < 4.78 is 0. The second-order valence-corrected chi connectivity index (χ2v) is 4.95. The molecule has 16 heavy (non-hydrogen) atoms. The fourth-order valence-electron chi connectivity index (χ4n) is 2.04. The summed E-state index contributed by atoms with van der Waals surface area (Å²) in [6.45, 7) is 6.68. The fraction of sp³-hybridized carbons (Fsp3) is 0.333. The largest absolute Gasteiger partial charge is 0.508 e. The van der Waals surface area contributed by atoms with Gasteiger partial charge < -0.3 is 5.11 Å². The van der Waals surface area contributed by atoms with E-state index in [-0.39, 0.29) is 5.41 Å². The molecule has 0 aromatic heterocycles. The van der Waals surface area contributed by atoms with E-state index in [1.807, 2.05) is 12.1 Å². The molecule has 0 bridgehead atoms. The molecule has 0 aliphatic heterocycles. The number of hydrogen-bond donors (Lipinski definition) is 1. The van der Waals surface area contributed by atoms with Gasteiger partial charge in [-0.2, -0.15) is 0 Å². The van der Waals surface area contributed by atoms with Crippen LogP contribution < -0.4 is 0 Å². The van der Waals surface area contributed by atoms with E-state index in [1.165, 1.54) is 10.9 Å². The zero-order valence-corrected chi connectivity index (χ0v) is 10.1. The molecule has 0 amide bonds. The topological polar surface area (TPSA) is 20.2 Å². The molecule has 0 unspecified atom stereocenters. The van der Waals surface area contributed by atoms with Gasteiger partial charge >= 0.3 is 0 Å². The van der Waals surface area contributed by atoms with Crippen LogP contribution in [0.4, 0.5) is 0 Å². The third-order valence-corrected chi connectivity index (χ3v) is 3.48. The van der Waals surface area contributed by atoms with Crippen molar-refractivity contribution >= 4 is 10.8 Å². The predicted molar refractivity (Wildman–Crippen MR) is 68.9 cm³/mol. The number of rotatable bonds is 2. The number of phenolic OH excluding ortho intramolecular Hbond substituents is 1. The molecule has 0 aliphatic rings. The molecule has 0 radical (unpaired) electrons. The Kier molecular flexibility index (Phi) is 2.63. The highest BCUT2D eigenvalue weighted by molar-refractivity contribution is 5.87. The number of fused-ring (bicyclic) bond motifs is 1. The van der Waals surface area contributed by atoms with Gasteiger partial charge in [0.2, 0.25) is 0 Å². The third kappa shape index (κ3) is 1.78. The van der Waals surface area contributed by atoms with Crippen LogP contribution in [0, 0.1) is 0 Å². The van der Waals surface area contributed by atoms with E-state index in [2.05, 4.69) is 39.0 Å². The van der Waals surface area contributed by atoms with Crippen molar-refractivity contribution in [3.63, 3.8) is 0 Å². The molecule has 2 rings (SSSR count). The Hall–Kier alpha value is -1.50. The van der Waals surface area contributed by atoms with Gasteiger partial charge in [-0.25, -0.2) is 0 Å². The van der Waals surface area contributed by atoms with Gasteiger partial charge in [0.05, 0.1) is 0 Å². The van der Waals surface area contributed by atoms with Crippen LogP contribution in [0.15, 0.2) is 36.4 Å². The predicted octanol–water partition coefficient (Wildman–Crippen LogP) is 4.23. The fourth-order valence-corrected chi connectivity index (χ4v) is 2.04. The normalized spacial score (nSPS) is 11.9. The molecule has 0 fully saturated rings. The zero-order valence-electron chi connectivity index (χ0n) is 10.1. The first-order chi connectivity index (χ1) is 7.54. The summed E-state index contributed by atoms with van der Waals surface area (Å²) in [5.41, 5.74) is 1.45. The lowest BCUT2D eigenvalue weighted by atomic mass is 9.80. The standard InChI is InChI=1S/C15H18O/c1-4-15(2,3)14-7-5-6-11-8-9-12(16)10-13(11)14/h5-10,16H,4H2,1-3H3. The lowest BCUT2D eigenvalue weighted by molar-refractivity contribution is 0.475. The highest BCUT2D eigenvalue weighted by atomic mass is 16.3. The summed E-state index contributed by atoms with van der Waals surface area (Å²) in [7, 11) is 0. The van der Waals surface area contributed by atoms with Gasteiger partial charge in [0, 0.05) is 0 Å². The molecular weight excluding hydrogens is 196 g/mol. The zero-order chi connectivity index (χ0) is 11.8. The van der Waals surface area contributed by atoms with Crippen molar-refractivity contribution in [3.8, 4) is 5.75 Å². The van der Waals surface area contributed by atoms with Crippen molar-refractivity contribution in [1.82, 2.24) is 0 Å². The Morgan fingerprint density at radius 3 is 2.56 bits per heavy atom. The van der Waals surface area contributed by atoms with Crippen LogP contribution in [0.25, 0.3) is 10.8 Å². The molecule has 2 aromatic rings. The van der Waals surface area contributed by atoms with Crippen molar-refractivity contribution in [2.45, 2.75) is 32.6 Å². The minimum Gasteiger partial charge on any atom is -0.508 e. The highest BCUT2D eigenvalue weighted by Crippen LogP contribution is 2.34. The number of hydrogen-bond acceptors (Lipinski definition) is 1. The van der Waals surface area contributed by atoms with Gasteiger partial charge in [0.15, 0.2) is 0 Å². The van der Waals surface area contributed by atoms with E-state index in [4.69, 9.17) is 0 Å². The molecule has 2 aromatic carbocycles. The maximum atomic E-state index is 9.59. The molecule has 0 atom stereocenters. The number of benzene rings is 2. The Bertz CT molecular complexity index is 512. The Labute approximate surface area is 96.7 Å². The molecule has 0 saturated heterocycles. The van der Waals surface area contributed by atoms with Crippen LogP contribution in [0.5, 0.6) is 5.75 Å². The van der Waals surface area contributed by atoms with Gasteiger partial charge in [-0.1, -0.05) is 45.0 Å². The summed E-state index contributed by atoms with van der Waals surface area (Å²) in [5, 5.41) is 11.9. The van der Waals surface area contributed by atoms with Gasteiger partial charge in [0.25, 0.3) is 0 Å². The maximum absolute atomic E-state index is 9.59. The first kappa shape index (κ1) is 11.0. The summed E-state index contributed by atoms with van der Waals surface area (Å²) >= 11 is 0. The van der Waals surface area contributed by atoms with Crippen LogP contribution >= 0.6 is 0 Å². The summed E-state index contributed by atoms with van der Waals surface area (Å²) in [5.74, 6) is 0.340. The Morgan fingerprint density at radius 1 is 1.12 bits per heavy atom. The van der Waals surface area contributed by atoms with Crippen LogP contribution in [-0.2, 0) is 5.41 Å². The van der Waals surface area contributed by atoms with E-state index in [0.29, 0.717) is 5.75 Å². The van der Waals surface area contributed by atoms with Gasteiger partial charge in [-0.3, -0.25) is 0 Å². The molecule has 0 saturated carbocycles. The van der Waals surface area contributed by atoms with Crippen LogP contribution in [-0.4, -0.2) is 5.11 Å². The highest BCUT2D eigenvalue weighted by Gasteiger charge is 2.20. The first-order valence-electron chi connectivity index (χ1n) is 5.77. The molecule has 84 valence electrons. The molecule has 0 spiro atoms. The van der Waals surface area contributed by atoms with Crippen molar-refractivity contribution in [2.24, 2.45) is 0 Å². The molecular formula is C15H18O. The summed E-state index contributed by atoms with van der Waals surface area (Å²) in [4.78, 5) is 0. The van der Waals surface area contributed by atoms with Crippen molar-refractivity contribution in [2.75, 3.05) is 0 Å². The second-order valence-electron chi connectivity index (χ2n) is 4.95. The van der Waals surface area contributed by atoms with E-state index in [0.717, 1.165) is 11.8 Å². The Morgan fingerprint density at radius 2 is 1.88 bits per heavy atom. The average molecular weight is 214 g/mol. The van der Waals surface area contributed by atoms with E-state index in [9.17, 15) is 5.11 Å². The number of phenols is 1. The molecule has 1 heteroatoms. The first-order valence-corrected chi connectivity index (χ1v) is 5.77. The van der Waals surface area contributed by atoms with Crippen molar-refractivity contribution in [3.05, 3.63) is 42.0 Å². The summed E-state index contributed by atoms with van der Waals surface area (Å²) in [6.07, 6.45) is 1.09. The minimum absolute atomic E-state index is 0.146. The van der Waals surface area contributed by atoms with Crippen LogP contribution in [0.2, 0.25) is 0 Å². The quantitative estimate of drug-likeness (QED) is 0.793. The lowest BCUT2D eigenvalue weighted by Crippen LogP contribution is -2.15. The Balaban J connectivity index is 2.74. The number of aromatic hydroxyl groups is 1. The maximum Gasteiger partial charge on any atom is 0.116 e. The second kappa shape index (κ2) is 3.82.